The van der Waals surface area contributed by atoms with E-state index in [0.29, 0.717) is 27.3 Å². The molecular weight excluding hydrogens is 264 g/mol. The van der Waals surface area contributed by atoms with Gasteiger partial charge in [0.05, 0.1) is 25.1 Å². The molecule has 8 nitrogen and oxygen atoms in total. The van der Waals surface area contributed by atoms with Gasteiger partial charge in [0.1, 0.15) is 5.69 Å². The number of hydrogen-bond donors (Lipinski definition) is 5. The van der Waals surface area contributed by atoms with Gasteiger partial charge in [0.15, 0.2) is 0 Å². The molecule has 8 heteroatoms. The predicted molar refractivity (Wildman–Crippen MR) is 74.2 cm³/mol. The lowest BCUT2D eigenvalue weighted by atomic mass is 10.1. The lowest BCUT2D eigenvalue weighted by molar-refractivity contribution is -0.122. The zero-order valence-corrected chi connectivity index (χ0v) is 10.8. The monoisotopic (exact) mass is 282 g/mol. The molecule has 1 aromatic rings. The predicted octanol–water partition coefficient (Wildman–Crippen LogP) is -0.154. The van der Waals surface area contributed by atoms with Gasteiger partial charge in [-0.1, -0.05) is 0 Å². The largest absolute Gasteiger partial charge is 0.398 e. The Labute approximate surface area is 116 Å². The maximum Gasteiger partial charge on any atom is 0.123 e. The highest BCUT2D eigenvalue weighted by atomic mass is 16.7. The maximum atomic E-state index is 9.97. The van der Waals surface area contributed by atoms with E-state index in [0.717, 1.165) is 0 Å². The van der Waals surface area contributed by atoms with Crippen molar-refractivity contribution in [3.63, 3.8) is 0 Å². The van der Waals surface area contributed by atoms with Crippen LogP contribution in [0.15, 0.2) is 18.3 Å². The summed E-state index contributed by atoms with van der Waals surface area (Å²) in [5.41, 5.74) is 7.69. The van der Waals surface area contributed by atoms with Gasteiger partial charge in [0.2, 0.25) is 0 Å². The minimum atomic E-state index is -0.108. The molecule has 0 atom stereocenters. The summed E-state index contributed by atoms with van der Waals surface area (Å²) in [5.74, 6) is 0. The van der Waals surface area contributed by atoms with E-state index in [4.69, 9.17) is 15.9 Å². The third-order valence-electron chi connectivity index (χ3n) is 3.08. The molecule has 0 bridgehead atoms. The number of fused-ring (bicyclic) bond motifs is 1. The molecule has 0 saturated carbocycles. The molecule has 0 radical (unpaired) electrons. The van der Waals surface area contributed by atoms with Gasteiger partial charge in [-0.15, -0.1) is 10.3 Å². The Morgan fingerprint density at radius 2 is 1.75 bits per heavy atom. The van der Waals surface area contributed by atoms with E-state index in [1.165, 1.54) is 6.20 Å². The normalized spacial score (nSPS) is 13.6. The number of hydrazine groups is 1. The van der Waals surface area contributed by atoms with Crippen molar-refractivity contribution in [2.24, 2.45) is 0 Å². The van der Waals surface area contributed by atoms with Crippen LogP contribution in [0.3, 0.4) is 0 Å². The van der Waals surface area contributed by atoms with Crippen LogP contribution in [0, 0.1) is 0 Å². The first kappa shape index (κ1) is 14.4. The van der Waals surface area contributed by atoms with Crippen molar-refractivity contribution in [1.29, 1.82) is 0 Å². The van der Waals surface area contributed by atoms with Crippen molar-refractivity contribution in [3.05, 3.63) is 23.9 Å². The molecule has 0 spiro atoms. The molecule has 0 aromatic heterocycles. The first-order chi connectivity index (χ1) is 9.60. The molecule has 0 unspecified atom stereocenters. The summed E-state index contributed by atoms with van der Waals surface area (Å²) in [5, 5.41) is 38.8. The molecule has 1 aliphatic heterocycles. The minimum Gasteiger partial charge on any atom is -0.398 e. The van der Waals surface area contributed by atoms with Gasteiger partial charge in [-0.2, -0.15) is 0 Å². The fraction of sp³-hybridized carbons (Fsp3) is 0.333. The number of aliphatic hydroxyl groups excluding tert-OH is 2. The van der Waals surface area contributed by atoms with Crippen LogP contribution < -0.4 is 15.8 Å². The highest BCUT2D eigenvalue weighted by molar-refractivity contribution is 5.87. The molecule has 1 heterocycles. The van der Waals surface area contributed by atoms with Crippen LogP contribution in [0.25, 0.3) is 6.08 Å². The van der Waals surface area contributed by atoms with Gasteiger partial charge < -0.3 is 20.8 Å². The molecule has 1 aromatic carbocycles. The summed E-state index contributed by atoms with van der Waals surface area (Å²) in [6, 6.07) is 3.33. The summed E-state index contributed by atoms with van der Waals surface area (Å²) in [6.07, 6.45) is 2.82. The quantitative estimate of drug-likeness (QED) is 0.473. The lowest BCUT2D eigenvalue weighted by Gasteiger charge is -2.34. The molecule has 6 N–H and O–H groups in total. The van der Waals surface area contributed by atoms with Gasteiger partial charge in [-0.25, -0.2) is 0 Å². The number of aliphatic hydroxyl groups is 2. The Kier molecular flexibility index (Phi) is 4.30. The SMILES string of the molecule is Nc1ccc(N(CCO)CCO)c2c1C=CN(O)N2O. The van der Waals surface area contributed by atoms with Gasteiger partial charge >= 0.3 is 0 Å². The van der Waals surface area contributed by atoms with Crippen molar-refractivity contribution < 1.29 is 20.6 Å². The number of benzene rings is 1. The highest BCUT2D eigenvalue weighted by Gasteiger charge is 2.25. The van der Waals surface area contributed by atoms with Crippen LogP contribution in [0.1, 0.15) is 5.56 Å². The standard InChI is InChI=1S/C12H18N4O4/c13-10-1-2-11(14(5-7-17)6-8-18)12-9(10)3-4-15(19)16(12)20/h1-4,17-20H,5-8,13H2. The van der Waals surface area contributed by atoms with E-state index in [9.17, 15) is 10.4 Å². The molecule has 1 aliphatic rings. The fourth-order valence-corrected chi connectivity index (χ4v) is 2.15. The molecule has 0 saturated heterocycles. The number of nitrogen functional groups attached to an aromatic ring is 1. The minimum absolute atomic E-state index is 0.108. The Morgan fingerprint density at radius 3 is 2.35 bits per heavy atom. The van der Waals surface area contributed by atoms with E-state index in [1.54, 1.807) is 23.1 Å². The van der Waals surface area contributed by atoms with Crippen LogP contribution in [0.2, 0.25) is 0 Å². The summed E-state index contributed by atoms with van der Waals surface area (Å²) >= 11 is 0. The summed E-state index contributed by atoms with van der Waals surface area (Å²) < 4.78 is 0. The van der Waals surface area contributed by atoms with Crippen molar-refractivity contribution >= 4 is 23.1 Å². The Bertz CT molecular complexity index is 502. The van der Waals surface area contributed by atoms with Gasteiger partial charge in [0.25, 0.3) is 0 Å². The van der Waals surface area contributed by atoms with E-state index in [-0.39, 0.29) is 32.0 Å². The number of anilines is 3. The van der Waals surface area contributed by atoms with Crippen LogP contribution >= 0.6 is 0 Å². The average Bonchev–Trinajstić information content (AvgIpc) is 2.43. The maximum absolute atomic E-state index is 9.97. The number of hydroxylamine groups is 1. The highest BCUT2D eigenvalue weighted by Crippen LogP contribution is 2.39. The fourth-order valence-electron chi connectivity index (χ4n) is 2.15. The van der Waals surface area contributed by atoms with Crippen LogP contribution in [-0.4, -0.2) is 52.1 Å². The third kappa shape index (κ3) is 2.49. The van der Waals surface area contributed by atoms with Crippen LogP contribution in [-0.2, 0) is 0 Å². The van der Waals surface area contributed by atoms with E-state index < -0.39 is 0 Å². The number of nitrogens with two attached hydrogens (primary N) is 1. The second-order valence-electron chi connectivity index (χ2n) is 4.30. The van der Waals surface area contributed by atoms with E-state index in [2.05, 4.69) is 0 Å². The van der Waals surface area contributed by atoms with Crippen molar-refractivity contribution in [3.8, 4) is 0 Å². The van der Waals surface area contributed by atoms with Gasteiger partial charge in [-0.3, -0.25) is 10.4 Å². The topological polar surface area (TPSA) is 117 Å². The molecule has 110 valence electrons. The first-order valence-electron chi connectivity index (χ1n) is 6.14. The number of nitrogens with zero attached hydrogens (tertiary/aromatic N) is 3. The van der Waals surface area contributed by atoms with E-state index in [1.807, 2.05) is 0 Å². The summed E-state index contributed by atoms with van der Waals surface area (Å²) in [6.45, 7) is 0.340. The van der Waals surface area contributed by atoms with Crippen LogP contribution in [0.4, 0.5) is 17.1 Å². The molecule has 2 rings (SSSR count). The van der Waals surface area contributed by atoms with Crippen molar-refractivity contribution in [1.82, 2.24) is 5.17 Å². The summed E-state index contributed by atoms with van der Waals surface area (Å²) in [7, 11) is 0. The summed E-state index contributed by atoms with van der Waals surface area (Å²) in [4.78, 5) is 1.69. The molecule has 0 aliphatic carbocycles. The molecule has 0 fully saturated rings. The second kappa shape index (κ2) is 5.97. The molecule has 0 amide bonds. The molecule has 20 heavy (non-hydrogen) atoms. The third-order valence-corrected chi connectivity index (χ3v) is 3.08. The lowest BCUT2D eigenvalue weighted by Crippen LogP contribution is -2.39. The number of rotatable bonds is 5. The smallest absolute Gasteiger partial charge is 0.123 e. The Morgan fingerprint density at radius 1 is 1.10 bits per heavy atom. The van der Waals surface area contributed by atoms with Gasteiger partial charge in [-0.05, 0) is 18.2 Å². The van der Waals surface area contributed by atoms with Crippen molar-refractivity contribution in [2.45, 2.75) is 0 Å². The number of hydrogen-bond acceptors (Lipinski definition) is 8. The Balaban J connectivity index is 2.51. The van der Waals surface area contributed by atoms with Crippen molar-refractivity contribution in [2.75, 3.05) is 42.1 Å². The van der Waals surface area contributed by atoms with Gasteiger partial charge in [0, 0.05) is 24.3 Å². The average molecular weight is 282 g/mol. The zero-order valence-electron chi connectivity index (χ0n) is 10.8. The second-order valence-corrected chi connectivity index (χ2v) is 4.30. The molecular formula is C12H18N4O4. The van der Waals surface area contributed by atoms with Crippen LogP contribution in [0.5, 0.6) is 0 Å². The zero-order chi connectivity index (χ0) is 14.7. The Hall–Kier alpha value is -2.00. The van der Waals surface area contributed by atoms with E-state index >= 15 is 0 Å². The first-order valence-corrected chi connectivity index (χ1v) is 6.14.